The minimum atomic E-state index is -4.43. The first-order valence-corrected chi connectivity index (χ1v) is 9.41. The third-order valence-electron chi connectivity index (χ3n) is 4.67. The molecule has 160 valence electrons. The maximum Gasteiger partial charge on any atom is 0.416 e. The predicted octanol–water partition coefficient (Wildman–Crippen LogP) is 4.39. The molecule has 0 saturated carbocycles. The van der Waals surface area contributed by atoms with E-state index in [4.69, 9.17) is 0 Å². The van der Waals surface area contributed by atoms with Crippen molar-refractivity contribution in [2.24, 2.45) is 0 Å². The number of hydrogen-bond acceptors (Lipinski definition) is 4. The number of nitrogens with zero attached hydrogens (tertiary/aromatic N) is 3. The Labute approximate surface area is 180 Å². The summed E-state index contributed by atoms with van der Waals surface area (Å²) < 4.78 is 40.2. The van der Waals surface area contributed by atoms with E-state index in [1.165, 1.54) is 22.9 Å². The zero-order valence-corrected chi connectivity index (χ0v) is 16.4. The number of hydrogen-bond donors (Lipinski definition) is 1. The molecular formula is C23H15F3N4O2. The number of carbonyl (C=O) groups excluding carboxylic acids is 2. The van der Waals surface area contributed by atoms with E-state index in [2.05, 4.69) is 10.1 Å². The first-order valence-electron chi connectivity index (χ1n) is 9.41. The molecule has 2 aromatic heterocycles. The van der Waals surface area contributed by atoms with Gasteiger partial charge in [0, 0.05) is 23.2 Å². The number of nitrogens with one attached hydrogen (secondary N) is 1. The van der Waals surface area contributed by atoms with Crippen LogP contribution in [0.3, 0.4) is 0 Å². The molecule has 0 fully saturated rings. The standard InChI is InChI=1S/C23H15F3N4O2/c24-23(25,26)17-7-9-18(10-8-17)30-22-19(5-2-12-27-22)21(29-30)16-4-1-3-15(13-16)6-11-20(32)28-14-31/h1-14H,(H,28,31,32). The molecule has 0 spiro atoms. The van der Waals surface area contributed by atoms with Crippen molar-refractivity contribution in [3.63, 3.8) is 0 Å². The van der Waals surface area contributed by atoms with Crippen LogP contribution in [0.2, 0.25) is 0 Å². The topological polar surface area (TPSA) is 76.9 Å². The first-order chi connectivity index (χ1) is 15.4. The minimum absolute atomic E-state index is 0.302. The van der Waals surface area contributed by atoms with Crippen LogP contribution in [0.5, 0.6) is 0 Å². The smallest absolute Gasteiger partial charge is 0.295 e. The van der Waals surface area contributed by atoms with E-state index in [1.54, 1.807) is 36.5 Å². The minimum Gasteiger partial charge on any atom is -0.295 e. The van der Waals surface area contributed by atoms with Crippen molar-refractivity contribution < 1.29 is 22.8 Å². The first kappa shape index (κ1) is 21.0. The molecule has 4 aromatic rings. The van der Waals surface area contributed by atoms with Crippen molar-refractivity contribution in [3.8, 4) is 16.9 Å². The highest BCUT2D eigenvalue weighted by atomic mass is 19.4. The van der Waals surface area contributed by atoms with E-state index in [1.807, 2.05) is 17.4 Å². The molecule has 2 amide bonds. The highest BCUT2D eigenvalue weighted by Crippen LogP contribution is 2.32. The van der Waals surface area contributed by atoms with E-state index in [-0.39, 0.29) is 0 Å². The lowest BCUT2D eigenvalue weighted by Gasteiger charge is -2.08. The van der Waals surface area contributed by atoms with Gasteiger partial charge >= 0.3 is 6.18 Å². The Morgan fingerprint density at radius 1 is 1.03 bits per heavy atom. The zero-order valence-electron chi connectivity index (χ0n) is 16.4. The number of aromatic nitrogens is 3. The average Bonchev–Trinajstić information content (AvgIpc) is 3.17. The van der Waals surface area contributed by atoms with Gasteiger partial charge in [0.15, 0.2) is 5.65 Å². The molecule has 0 saturated heterocycles. The van der Waals surface area contributed by atoms with Gasteiger partial charge in [-0.05, 0) is 54.1 Å². The van der Waals surface area contributed by atoms with E-state index >= 15 is 0 Å². The Bertz CT molecular complexity index is 1330. The molecule has 1 N–H and O–H groups in total. The van der Waals surface area contributed by atoms with Crippen molar-refractivity contribution in [1.29, 1.82) is 0 Å². The summed E-state index contributed by atoms with van der Waals surface area (Å²) >= 11 is 0. The van der Waals surface area contributed by atoms with E-state index in [0.29, 0.717) is 34.4 Å². The SMILES string of the molecule is O=CNC(=O)C=Cc1cccc(-c2nn(-c3ccc(C(F)(F)F)cc3)c3ncccc23)c1. The Hall–Kier alpha value is -4.27. The molecule has 0 aliphatic rings. The lowest BCUT2D eigenvalue weighted by Crippen LogP contribution is -2.17. The quantitative estimate of drug-likeness (QED) is 0.372. The molecule has 0 aliphatic heterocycles. The highest BCUT2D eigenvalue weighted by Gasteiger charge is 2.30. The lowest BCUT2D eigenvalue weighted by molar-refractivity contribution is -0.137. The van der Waals surface area contributed by atoms with Crippen molar-refractivity contribution in [2.45, 2.75) is 6.18 Å². The van der Waals surface area contributed by atoms with Gasteiger partial charge in [-0.25, -0.2) is 9.67 Å². The van der Waals surface area contributed by atoms with Gasteiger partial charge in [-0.3, -0.25) is 14.9 Å². The van der Waals surface area contributed by atoms with E-state index < -0.39 is 17.6 Å². The second kappa shape index (κ2) is 8.46. The van der Waals surface area contributed by atoms with Crippen molar-refractivity contribution in [3.05, 3.63) is 84.1 Å². The fraction of sp³-hybridized carbons (Fsp3) is 0.0435. The van der Waals surface area contributed by atoms with Crippen LogP contribution in [0.1, 0.15) is 11.1 Å². The lowest BCUT2D eigenvalue weighted by atomic mass is 10.1. The molecule has 9 heteroatoms. The molecule has 0 radical (unpaired) electrons. The van der Waals surface area contributed by atoms with Gasteiger partial charge in [0.05, 0.1) is 11.3 Å². The summed E-state index contributed by atoms with van der Waals surface area (Å²) in [6.45, 7) is 0. The second-order valence-corrected chi connectivity index (χ2v) is 6.76. The zero-order chi connectivity index (χ0) is 22.7. The van der Waals surface area contributed by atoms with Gasteiger partial charge in [-0.2, -0.15) is 18.3 Å². The number of fused-ring (bicyclic) bond motifs is 1. The van der Waals surface area contributed by atoms with Crippen LogP contribution in [-0.4, -0.2) is 27.1 Å². The van der Waals surface area contributed by atoms with Gasteiger partial charge in [0.2, 0.25) is 12.3 Å². The molecule has 0 bridgehead atoms. The number of amides is 2. The Balaban J connectivity index is 1.76. The molecule has 0 aliphatic carbocycles. The summed E-state index contributed by atoms with van der Waals surface area (Å²) in [5.41, 5.74) is 2.20. The number of rotatable bonds is 5. The molecule has 2 heterocycles. The van der Waals surface area contributed by atoms with Crippen molar-refractivity contribution in [2.75, 3.05) is 0 Å². The van der Waals surface area contributed by atoms with Gasteiger partial charge in [0.25, 0.3) is 0 Å². The van der Waals surface area contributed by atoms with Crippen molar-refractivity contribution in [1.82, 2.24) is 20.1 Å². The van der Waals surface area contributed by atoms with Crippen LogP contribution in [0, 0.1) is 0 Å². The van der Waals surface area contributed by atoms with Crippen LogP contribution < -0.4 is 5.32 Å². The molecule has 0 unspecified atom stereocenters. The Morgan fingerprint density at radius 2 is 1.81 bits per heavy atom. The van der Waals surface area contributed by atoms with Gasteiger partial charge in [-0.1, -0.05) is 18.2 Å². The summed E-state index contributed by atoms with van der Waals surface area (Å²) in [7, 11) is 0. The predicted molar refractivity (Wildman–Crippen MR) is 113 cm³/mol. The van der Waals surface area contributed by atoms with Crippen LogP contribution in [0.15, 0.2) is 72.9 Å². The summed E-state index contributed by atoms with van der Waals surface area (Å²) in [6.07, 6.45) is 0.240. The molecule has 0 atom stereocenters. The Morgan fingerprint density at radius 3 is 2.53 bits per heavy atom. The second-order valence-electron chi connectivity index (χ2n) is 6.76. The number of halogens is 3. The number of alkyl halides is 3. The molecule has 2 aromatic carbocycles. The number of imide groups is 1. The third-order valence-corrected chi connectivity index (χ3v) is 4.67. The summed E-state index contributed by atoms with van der Waals surface area (Å²) in [5, 5.41) is 7.35. The normalized spacial score (nSPS) is 11.7. The molecular weight excluding hydrogens is 421 g/mol. The fourth-order valence-electron chi connectivity index (χ4n) is 3.20. The maximum absolute atomic E-state index is 12.9. The summed E-state index contributed by atoms with van der Waals surface area (Å²) in [4.78, 5) is 26.2. The third kappa shape index (κ3) is 4.27. The number of carbonyl (C=O) groups is 2. The van der Waals surface area contributed by atoms with Crippen LogP contribution in [0.4, 0.5) is 13.2 Å². The average molecular weight is 436 g/mol. The van der Waals surface area contributed by atoms with Gasteiger partial charge < -0.3 is 0 Å². The highest BCUT2D eigenvalue weighted by molar-refractivity contribution is 5.98. The molecule has 32 heavy (non-hydrogen) atoms. The number of benzene rings is 2. The fourth-order valence-corrected chi connectivity index (χ4v) is 3.20. The van der Waals surface area contributed by atoms with Gasteiger partial charge in [-0.15, -0.1) is 0 Å². The maximum atomic E-state index is 12.9. The number of pyridine rings is 1. The van der Waals surface area contributed by atoms with Crippen LogP contribution in [-0.2, 0) is 15.8 Å². The molecule has 4 rings (SSSR count). The van der Waals surface area contributed by atoms with E-state index in [9.17, 15) is 22.8 Å². The van der Waals surface area contributed by atoms with Crippen LogP contribution >= 0.6 is 0 Å². The summed E-state index contributed by atoms with van der Waals surface area (Å²) in [5.74, 6) is -0.549. The summed E-state index contributed by atoms with van der Waals surface area (Å²) in [6, 6.07) is 15.5. The Kier molecular flexibility index (Phi) is 5.55. The largest absolute Gasteiger partial charge is 0.416 e. The van der Waals surface area contributed by atoms with Crippen molar-refractivity contribution >= 4 is 29.4 Å². The van der Waals surface area contributed by atoms with Crippen LogP contribution in [0.25, 0.3) is 34.1 Å². The molecule has 6 nitrogen and oxygen atoms in total. The van der Waals surface area contributed by atoms with Gasteiger partial charge in [0.1, 0.15) is 5.69 Å². The monoisotopic (exact) mass is 436 g/mol. The van der Waals surface area contributed by atoms with E-state index in [0.717, 1.165) is 17.7 Å².